The first-order valence-corrected chi connectivity index (χ1v) is 13.1. The molecule has 0 amide bonds. The molecule has 0 radical (unpaired) electrons. The first-order valence-electron chi connectivity index (χ1n) is 13.1. The summed E-state index contributed by atoms with van der Waals surface area (Å²) in [5.41, 5.74) is 1.85. The summed E-state index contributed by atoms with van der Waals surface area (Å²) >= 11 is 0. The van der Waals surface area contributed by atoms with E-state index in [0.717, 1.165) is 11.3 Å². The first-order chi connectivity index (χ1) is 17.9. The Hall–Kier alpha value is -3.66. The molecule has 0 spiro atoms. The third-order valence-electron chi connectivity index (χ3n) is 5.50. The van der Waals surface area contributed by atoms with Crippen LogP contribution in [0.25, 0.3) is 0 Å². The predicted octanol–water partition coefficient (Wildman–Crippen LogP) is 9.21. The van der Waals surface area contributed by atoms with Crippen molar-refractivity contribution < 1.29 is 19.1 Å². The average molecular weight is 533 g/mol. The number of Topliss-reactive ketones (excluding diaryl/α,β-unsaturated/α-hetero) is 1. The van der Waals surface area contributed by atoms with E-state index in [0.29, 0.717) is 5.75 Å². The van der Waals surface area contributed by atoms with Gasteiger partial charge in [0, 0.05) is 17.8 Å². The van der Waals surface area contributed by atoms with Gasteiger partial charge in [0.25, 0.3) is 0 Å². The Bertz CT molecular complexity index is 1090. The van der Waals surface area contributed by atoms with Gasteiger partial charge in [-0.3, -0.25) is 9.59 Å². The lowest BCUT2D eigenvalue weighted by atomic mass is 9.78. The van der Waals surface area contributed by atoms with Gasteiger partial charge in [0.15, 0.2) is 0 Å². The number of carbonyl (C=O) groups is 2. The minimum Gasteiger partial charge on any atom is -0.488 e. The fourth-order valence-corrected chi connectivity index (χ4v) is 2.85. The van der Waals surface area contributed by atoms with Crippen LogP contribution in [0.1, 0.15) is 80.4 Å². The molecule has 0 aliphatic rings. The van der Waals surface area contributed by atoms with Gasteiger partial charge in [0.05, 0.1) is 0 Å². The zero-order valence-corrected chi connectivity index (χ0v) is 25.6. The van der Waals surface area contributed by atoms with E-state index in [2.05, 4.69) is 39.1 Å². The van der Waals surface area contributed by atoms with E-state index >= 15 is 0 Å². The van der Waals surface area contributed by atoms with Gasteiger partial charge >= 0.3 is 5.97 Å². The highest BCUT2D eigenvalue weighted by Crippen LogP contribution is 2.33. The summed E-state index contributed by atoms with van der Waals surface area (Å²) in [5.74, 6) is 1.37. The standard InChI is InChI=1S/C21H26O3.C8H10.C6H12O/c1-15(22)23-18-11-7-16(8-12-18)21(5,6)17-9-13-19(14-10-17)24-20(2,3)4;1-3-5-7-8-6-4-2;1-5(7)6(2,3)4/h7-14H,1-6H3;3-8H,1-2H2;1-4H3/b;7-5-,8-6-;. The van der Waals surface area contributed by atoms with Crippen LogP contribution in [0.15, 0.2) is 98.1 Å². The van der Waals surface area contributed by atoms with Crippen LogP contribution >= 0.6 is 0 Å². The molecule has 0 N–H and O–H groups in total. The predicted molar refractivity (Wildman–Crippen MR) is 166 cm³/mol. The van der Waals surface area contributed by atoms with Crippen molar-refractivity contribution >= 4 is 11.8 Å². The number of ketones is 1. The average Bonchev–Trinajstić information content (AvgIpc) is 2.81. The summed E-state index contributed by atoms with van der Waals surface area (Å²) in [5, 5.41) is 0. The highest BCUT2D eigenvalue weighted by molar-refractivity contribution is 5.80. The molecule has 0 aliphatic heterocycles. The van der Waals surface area contributed by atoms with Gasteiger partial charge in [0.1, 0.15) is 22.9 Å². The van der Waals surface area contributed by atoms with Crippen molar-refractivity contribution in [2.45, 2.75) is 80.3 Å². The lowest BCUT2D eigenvalue weighted by Crippen LogP contribution is -2.23. The second-order valence-corrected chi connectivity index (χ2v) is 11.5. The number of esters is 1. The third kappa shape index (κ3) is 15.4. The Morgan fingerprint density at radius 1 is 0.641 bits per heavy atom. The number of carbonyl (C=O) groups excluding carboxylic acids is 2. The number of ether oxygens (including phenoxy) is 2. The fourth-order valence-electron chi connectivity index (χ4n) is 2.85. The molecule has 0 aliphatic carbocycles. The van der Waals surface area contributed by atoms with Gasteiger partial charge in [-0.25, -0.2) is 0 Å². The zero-order chi connectivity index (χ0) is 30.3. The molecular weight excluding hydrogens is 484 g/mol. The smallest absolute Gasteiger partial charge is 0.308 e. The van der Waals surface area contributed by atoms with Crippen LogP contribution in [-0.2, 0) is 15.0 Å². The molecule has 0 saturated heterocycles. The molecule has 212 valence electrons. The normalized spacial score (nSPS) is 11.5. The molecule has 0 unspecified atom stereocenters. The van der Waals surface area contributed by atoms with Crippen molar-refractivity contribution in [3.63, 3.8) is 0 Å². The van der Waals surface area contributed by atoms with Crippen molar-refractivity contribution in [3.8, 4) is 11.5 Å². The van der Waals surface area contributed by atoms with E-state index in [4.69, 9.17) is 9.47 Å². The summed E-state index contributed by atoms with van der Waals surface area (Å²) in [6.45, 7) is 26.2. The quantitative estimate of drug-likeness (QED) is 0.203. The summed E-state index contributed by atoms with van der Waals surface area (Å²) < 4.78 is 11.0. The van der Waals surface area contributed by atoms with E-state index < -0.39 is 0 Å². The zero-order valence-electron chi connectivity index (χ0n) is 25.6. The molecule has 4 nitrogen and oxygen atoms in total. The van der Waals surface area contributed by atoms with E-state index in [1.807, 2.05) is 102 Å². The van der Waals surface area contributed by atoms with Crippen LogP contribution in [0, 0.1) is 5.41 Å². The SMILES string of the molecule is C=C/C=C\C=C/C=C.CC(=O)C(C)(C)C.CC(=O)Oc1ccc(C(C)(C)c2ccc(OC(C)(C)C)cc2)cc1. The van der Waals surface area contributed by atoms with E-state index in [9.17, 15) is 9.59 Å². The van der Waals surface area contributed by atoms with Crippen LogP contribution in [-0.4, -0.2) is 17.4 Å². The molecule has 2 aromatic rings. The summed E-state index contributed by atoms with van der Waals surface area (Å²) in [6, 6.07) is 15.9. The van der Waals surface area contributed by atoms with Gasteiger partial charge in [-0.05, 0) is 63.1 Å². The molecule has 0 fully saturated rings. The second-order valence-electron chi connectivity index (χ2n) is 11.5. The van der Waals surface area contributed by atoms with E-state index in [1.165, 1.54) is 12.5 Å². The summed E-state index contributed by atoms with van der Waals surface area (Å²) in [4.78, 5) is 21.5. The van der Waals surface area contributed by atoms with Crippen molar-refractivity contribution in [2.75, 3.05) is 0 Å². The molecule has 0 atom stereocenters. The minimum absolute atomic E-state index is 0.139. The summed E-state index contributed by atoms with van der Waals surface area (Å²) in [6.07, 6.45) is 11.0. The number of allylic oxidation sites excluding steroid dienone is 6. The Morgan fingerprint density at radius 2 is 1.00 bits per heavy atom. The lowest BCUT2D eigenvalue weighted by Gasteiger charge is -2.27. The van der Waals surface area contributed by atoms with Gasteiger partial charge in [0.2, 0.25) is 0 Å². The highest BCUT2D eigenvalue weighted by Gasteiger charge is 2.23. The fraction of sp³-hybridized carbons (Fsp3) is 0.371. The number of hydrogen-bond acceptors (Lipinski definition) is 4. The number of hydrogen-bond donors (Lipinski definition) is 0. The van der Waals surface area contributed by atoms with Crippen LogP contribution in [0.4, 0.5) is 0 Å². The highest BCUT2D eigenvalue weighted by atomic mass is 16.5. The third-order valence-corrected chi connectivity index (χ3v) is 5.50. The molecule has 2 aromatic carbocycles. The maximum Gasteiger partial charge on any atom is 0.308 e. The summed E-state index contributed by atoms with van der Waals surface area (Å²) in [7, 11) is 0. The molecule has 0 aromatic heterocycles. The first kappa shape index (κ1) is 35.3. The molecule has 39 heavy (non-hydrogen) atoms. The molecule has 0 heterocycles. The largest absolute Gasteiger partial charge is 0.488 e. The van der Waals surface area contributed by atoms with Crippen LogP contribution < -0.4 is 9.47 Å². The van der Waals surface area contributed by atoms with Crippen LogP contribution in [0.3, 0.4) is 0 Å². The van der Waals surface area contributed by atoms with Crippen LogP contribution in [0.5, 0.6) is 11.5 Å². The maximum absolute atomic E-state index is 11.0. The molecule has 0 bridgehead atoms. The van der Waals surface area contributed by atoms with Crippen LogP contribution in [0.2, 0.25) is 0 Å². The van der Waals surface area contributed by atoms with Gasteiger partial charge in [-0.1, -0.05) is 108 Å². The van der Waals surface area contributed by atoms with Crippen molar-refractivity contribution in [2.24, 2.45) is 5.41 Å². The topological polar surface area (TPSA) is 52.6 Å². The Balaban J connectivity index is 0.000000790. The monoisotopic (exact) mass is 532 g/mol. The van der Waals surface area contributed by atoms with Gasteiger partial charge < -0.3 is 9.47 Å². The van der Waals surface area contributed by atoms with Crippen molar-refractivity contribution in [3.05, 3.63) is 109 Å². The maximum atomic E-state index is 11.0. The number of rotatable bonds is 7. The minimum atomic E-state index is -0.309. The van der Waals surface area contributed by atoms with Crippen molar-refractivity contribution in [1.82, 2.24) is 0 Å². The molecule has 2 rings (SSSR count). The molecular formula is C35H48O4. The Labute approximate surface area is 237 Å². The second kappa shape index (κ2) is 16.3. The Kier molecular flexibility index (Phi) is 14.8. The van der Waals surface area contributed by atoms with Crippen molar-refractivity contribution in [1.29, 1.82) is 0 Å². The van der Waals surface area contributed by atoms with Gasteiger partial charge in [-0.15, -0.1) is 0 Å². The number of benzene rings is 2. The van der Waals surface area contributed by atoms with E-state index in [-0.39, 0.29) is 28.2 Å². The molecule has 0 saturated carbocycles. The lowest BCUT2D eigenvalue weighted by molar-refractivity contribution is -0.131. The van der Waals surface area contributed by atoms with Gasteiger partial charge in [-0.2, -0.15) is 0 Å². The Morgan fingerprint density at radius 3 is 1.28 bits per heavy atom. The molecule has 4 heteroatoms. The van der Waals surface area contributed by atoms with E-state index in [1.54, 1.807) is 19.1 Å².